The zero-order chi connectivity index (χ0) is 17.1. The summed E-state index contributed by atoms with van der Waals surface area (Å²) in [5.41, 5.74) is 1.91. The van der Waals surface area contributed by atoms with Crippen molar-refractivity contribution in [3.05, 3.63) is 64.7 Å². The molecule has 6 heteroatoms. The van der Waals surface area contributed by atoms with Gasteiger partial charge in [-0.3, -0.25) is 9.69 Å². The number of thiophene rings is 1. The molecule has 4 rings (SSSR count). The molecule has 0 spiro atoms. The zero-order valence-electron chi connectivity index (χ0n) is 13.8. The highest BCUT2D eigenvalue weighted by molar-refractivity contribution is 7.12. The Morgan fingerprint density at radius 2 is 1.88 bits per heavy atom. The quantitative estimate of drug-likeness (QED) is 0.722. The Balaban J connectivity index is 1.33. The molecule has 3 heterocycles. The molecule has 0 radical (unpaired) electrons. The maximum atomic E-state index is 12.4. The fraction of sp³-hybridized carbons (Fsp3) is 0.263. The molecular formula is C19H19N3O2S. The van der Waals surface area contributed by atoms with Crippen molar-refractivity contribution < 1.29 is 9.21 Å². The smallest absolute Gasteiger partial charge is 0.264 e. The predicted molar refractivity (Wildman–Crippen MR) is 97.4 cm³/mol. The summed E-state index contributed by atoms with van der Waals surface area (Å²) < 4.78 is 5.60. The van der Waals surface area contributed by atoms with E-state index in [2.05, 4.69) is 9.88 Å². The normalized spacial score (nSPS) is 15.4. The number of oxazole rings is 1. The Labute approximate surface area is 150 Å². The number of aromatic nitrogens is 1. The zero-order valence-corrected chi connectivity index (χ0v) is 14.6. The lowest BCUT2D eigenvalue weighted by Gasteiger charge is -2.34. The Bertz CT molecular complexity index is 821. The molecule has 1 aliphatic rings. The monoisotopic (exact) mass is 353 g/mol. The van der Waals surface area contributed by atoms with E-state index in [1.807, 2.05) is 52.7 Å². The van der Waals surface area contributed by atoms with Gasteiger partial charge in [0.1, 0.15) is 6.26 Å². The molecule has 25 heavy (non-hydrogen) atoms. The third kappa shape index (κ3) is 3.65. The highest BCUT2D eigenvalue weighted by Gasteiger charge is 2.23. The second kappa shape index (κ2) is 7.21. The van der Waals surface area contributed by atoms with Gasteiger partial charge in [0.25, 0.3) is 5.91 Å². The second-order valence-electron chi connectivity index (χ2n) is 6.06. The van der Waals surface area contributed by atoms with Gasteiger partial charge in [-0.1, -0.05) is 24.3 Å². The lowest BCUT2D eigenvalue weighted by Crippen LogP contribution is -2.48. The SMILES string of the molecule is O=C(c1cccs1)N1CCN(Cc2coc(-c3ccccc3)n2)CC1. The summed E-state index contributed by atoms with van der Waals surface area (Å²) in [5.74, 6) is 0.796. The minimum absolute atomic E-state index is 0.141. The van der Waals surface area contributed by atoms with Crippen molar-refractivity contribution in [2.45, 2.75) is 6.54 Å². The van der Waals surface area contributed by atoms with Crippen LogP contribution in [0.15, 0.2) is 58.5 Å². The molecule has 5 nitrogen and oxygen atoms in total. The number of hydrogen-bond donors (Lipinski definition) is 0. The van der Waals surface area contributed by atoms with E-state index in [-0.39, 0.29) is 5.91 Å². The summed E-state index contributed by atoms with van der Waals surface area (Å²) in [6.45, 7) is 3.95. The first-order valence-corrected chi connectivity index (χ1v) is 9.22. The van der Waals surface area contributed by atoms with E-state index in [1.165, 1.54) is 11.3 Å². The van der Waals surface area contributed by atoms with Gasteiger partial charge in [0.05, 0.1) is 10.6 Å². The van der Waals surface area contributed by atoms with Crippen molar-refractivity contribution in [1.29, 1.82) is 0 Å². The Morgan fingerprint density at radius 3 is 2.60 bits per heavy atom. The predicted octanol–water partition coefficient (Wildman–Crippen LogP) is 3.36. The molecule has 0 atom stereocenters. The molecule has 1 fully saturated rings. The first-order valence-electron chi connectivity index (χ1n) is 8.34. The van der Waals surface area contributed by atoms with Crippen molar-refractivity contribution >= 4 is 17.2 Å². The summed E-state index contributed by atoms with van der Waals surface area (Å²) in [6, 6.07) is 13.7. The van der Waals surface area contributed by atoms with Crippen LogP contribution in [-0.2, 0) is 6.54 Å². The van der Waals surface area contributed by atoms with E-state index in [9.17, 15) is 4.79 Å². The second-order valence-corrected chi connectivity index (χ2v) is 7.00. The maximum Gasteiger partial charge on any atom is 0.264 e. The van der Waals surface area contributed by atoms with Crippen molar-refractivity contribution in [2.75, 3.05) is 26.2 Å². The lowest BCUT2D eigenvalue weighted by molar-refractivity contribution is 0.0631. The Hall–Kier alpha value is -2.44. The van der Waals surface area contributed by atoms with Gasteiger partial charge in [-0.25, -0.2) is 4.98 Å². The van der Waals surface area contributed by atoms with Crippen LogP contribution < -0.4 is 0 Å². The average molecular weight is 353 g/mol. The van der Waals surface area contributed by atoms with Crippen LogP contribution in [0.5, 0.6) is 0 Å². The maximum absolute atomic E-state index is 12.4. The summed E-state index contributed by atoms with van der Waals surface area (Å²) in [7, 11) is 0. The van der Waals surface area contributed by atoms with Crippen LogP contribution in [0, 0.1) is 0 Å². The molecule has 0 N–H and O–H groups in total. The number of carbonyl (C=O) groups excluding carboxylic acids is 1. The van der Waals surface area contributed by atoms with Crippen LogP contribution in [0.1, 0.15) is 15.4 Å². The number of hydrogen-bond acceptors (Lipinski definition) is 5. The lowest BCUT2D eigenvalue weighted by atomic mass is 10.2. The van der Waals surface area contributed by atoms with Gasteiger partial charge in [-0.2, -0.15) is 0 Å². The Kier molecular flexibility index (Phi) is 4.63. The van der Waals surface area contributed by atoms with Gasteiger partial charge >= 0.3 is 0 Å². The molecule has 0 saturated carbocycles. The highest BCUT2D eigenvalue weighted by atomic mass is 32.1. The number of piperazine rings is 1. The minimum atomic E-state index is 0.141. The van der Waals surface area contributed by atoms with Crippen LogP contribution in [-0.4, -0.2) is 46.9 Å². The van der Waals surface area contributed by atoms with Crippen LogP contribution in [0.4, 0.5) is 0 Å². The standard InChI is InChI=1S/C19H19N3O2S/c23-19(17-7-4-12-25-17)22-10-8-21(9-11-22)13-16-14-24-18(20-16)15-5-2-1-3-6-15/h1-7,12,14H,8-11,13H2. The van der Waals surface area contributed by atoms with Crippen molar-refractivity contribution in [2.24, 2.45) is 0 Å². The van der Waals surface area contributed by atoms with E-state index in [0.717, 1.165) is 48.9 Å². The Morgan fingerprint density at radius 1 is 1.08 bits per heavy atom. The van der Waals surface area contributed by atoms with Crippen molar-refractivity contribution in [3.8, 4) is 11.5 Å². The first kappa shape index (κ1) is 16.1. The molecular weight excluding hydrogens is 334 g/mol. The average Bonchev–Trinajstić information content (AvgIpc) is 3.35. The molecule has 1 aliphatic heterocycles. The van der Waals surface area contributed by atoms with Crippen LogP contribution in [0.3, 0.4) is 0 Å². The van der Waals surface area contributed by atoms with E-state index >= 15 is 0 Å². The molecule has 2 aromatic heterocycles. The number of carbonyl (C=O) groups is 1. The number of rotatable bonds is 4. The molecule has 1 aromatic carbocycles. The van der Waals surface area contributed by atoms with Gasteiger partial charge in [-0.05, 0) is 23.6 Å². The molecule has 0 aliphatic carbocycles. The van der Waals surface area contributed by atoms with Crippen molar-refractivity contribution in [3.63, 3.8) is 0 Å². The largest absolute Gasteiger partial charge is 0.444 e. The minimum Gasteiger partial charge on any atom is -0.444 e. The van der Waals surface area contributed by atoms with Gasteiger partial charge in [0, 0.05) is 38.3 Å². The summed E-state index contributed by atoms with van der Waals surface area (Å²) in [4.78, 5) is 22.0. The molecule has 1 saturated heterocycles. The fourth-order valence-corrected chi connectivity index (χ4v) is 3.68. The van der Waals surface area contributed by atoms with E-state index in [0.29, 0.717) is 5.89 Å². The molecule has 128 valence electrons. The number of amides is 1. The summed E-state index contributed by atoms with van der Waals surface area (Å²) in [5, 5.41) is 1.94. The summed E-state index contributed by atoms with van der Waals surface area (Å²) >= 11 is 1.50. The van der Waals surface area contributed by atoms with Crippen LogP contribution in [0.25, 0.3) is 11.5 Å². The van der Waals surface area contributed by atoms with E-state index in [4.69, 9.17) is 4.42 Å². The molecule has 0 unspecified atom stereocenters. The number of benzene rings is 1. The molecule has 0 bridgehead atoms. The van der Waals surface area contributed by atoms with Gasteiger partial charge in [-0.15, -0.1) is 11.3 Å². The van der Waals surface area contributed by atoms with E-state index in [1.54, 1.807) is 6.26 Å². The van der Waals surface area contributed by atoms with Crippen LogP contribution in [0.2, 0.25) is 0 Å². The number of nitrogens with zero attached hydrogens (tertiary/aromatic N) is 3. The first-order chi connectivity index (χ1) is 12.3. The topological polar surface area (TPSA) is 49.6 Å². The van der Waals surface area contributed by atoms with Gasteiger partial charge in [0.2, 0.25) is 5.89 Å². The van der Waals surface area contributed by atoms with E-state index < -0.39 is 0 Å². The third-order valence-corrected chi connectivity index (χ3v) is 5.21. The highest BCUT2D eigenvalue weighted by Crippen LogP contribution is 2.19. The third-order valence-electron chi connectivity index (χ3n) is 4.35. The van der Waals surface area contributed by atoms with Gasteiger partial charge < -0.3 is 9.32 Å². The molecule has 3 aromatic rings. The van der Waals surface area contributed by atoms with Crippen LogP contribution >= 0.6 is 11.3 Å². The molecule has 1 amide bonds. The van der Waals surface area contributed by atoms with Gasteiger partial charge in [0.15, 0.2) is 0 Å². The summed E-state index contributed by atoms with van der Waals surface area (Å²) in [6.07, 6.45) is 1.73. The fourth-order valence-electron chi connectivity index (χ4n) is 2.99. The van der Waals surface area contributed by atoms with Crippen molar-refractivity contribution in [1.82, 2.24) is 14.8 Å².